The van der Waals surface area contributed by atoms with Crippen molar-refractivity contribution in [3.63, 3.8) is 0 Å². The molecule has 3 N–H and O–H groups in total. The molecule has 1 heterocycles. The Morgan fingerprint density at radius 1 is 1.31 bits per heavy atom. The summed E-state index contributed by atoms with van der Waals surface area (Å²) in [5.41, 5.74) is 8.39. The summed E-state index contributed by atoms with van der Waals surface area (Å²) in [6.45, 7) is 0.801. The number of hydrogen-bond acceptors (Lipinski definition) is 4. The first kappa shape index (κ1) is 17.8. The number of primary amides is 1. The lowest BCUT2D eigenvalue weighted by atomic mass is 9.96. The fourth-order valence-electron chi connectivity index (χ4n) is 3.18. The molecule has 1 aliphatic heterocycles. The second kappa shape index (κ2) is 7.46. The normalized spacial score (nSPS) is 12.8. The van der Waals surface area contributed by atoms with Crippen molar-refractivity contribution in [2.45, 2.75) is 12.8 Å². The van der Waals surface area contributed by atoms with Gasteiger partial charge in [-0.1, -0.05) is 17.7 Å². The highest BCUT2D eigenvalue weighted by atomic mass is 35.5. The van der Waals surface area contributed by atoms with E-state index in [1.54, 1.807) is 30.3 Å². The SMILES string of the molecule is N#Cc1ccc(Cl)cc1NC(=O)CN1CCCc2c(C(N)=O)cccc21. The smallest absolute Gasteiger partial charge is 0.249 e. The molecule has 0 atom stereocenters. The molecule has 0 bridgehead atoms. The van der Waals surface area contributed by atoms with Gasteiger partial charge in [-0.3, -0.25) is 9.59 Å². The average molecular weight is 369 g/mol. The number of fused-ring (bicyclic) bond motifs is 1. The second-order valence-corrected chi connectivity index (χ2v) is 6.48. The highest BCUT2D eigenvalue weighted by Crippen LogP contribution is 2.30. The van der Waals surface area contributed by atoms with Crippen LogP contribution in [0.4, 0.5) is 11.4 Å². The minimum absolute atomic E-state index is 0.104. The first-order chi connectivity index (χ1) is 12.5. The molecule has 2 amide bonds. The molecule has 0 unspecified atom stereocenters. The van der Waals surface area contributed by atoms with Crippen LogP contribution < -0.4 is 16.0 Å². The molecule has 1 aliphatic rings. The first-order valence-electron chi connectivity index (χ1n) is 8.15. The van der Waals surface area contributed by atoms with E-state index in [1.165, 1.54) is 0 Å². The molecule has 0 spiro atoms. The Morgan fingerprint density at radius 3 is 2.85 bits per heavy atom. The number of amides is 2. The molecule has 0 aromatic heterocycles. The van der Waals surface area contributed by atoms with Crippen LogP contribution in [0.2, 0.25) is 5.02 Å². The van der Waals surface area contributed by atoms with E-state index >= 15 is 0 Å². The lowest BCUT2D eigenvalue weighted by Crippen LogP contribution is -2.37. The number of nitrogens with zero attached hydrogens (tertiary/aromatic N) is 2. The molecule has 6 nitrogen and oxygen atoms in total. The van der Waals surface area contributed by atoms with Crippen LogP contribution in [-0.2, 0) is 11.2 Å². The van der Waals surface area contributed by atoms with Gasteiger partial charge in [0.25, 0.3) is 0 Å². The van der Waals surface area contributed by atoms with E-state index in [0.717, 1.165) is 24.1 Å². The zero-order chi connectivity index (χ0) is 18.7. The largest absolute Gasteiger partial charge is 0.366 e. The monoisotopic (exact) mass is 368 g/mol. The molecule has 0 aliphatic carbocycles. The number of benzene rings is 2. The summed E-state index contributed by atoms with van der Waals surface area (Å²) < 4.78 is 0. The maximum atomic E-state index is 12.5. The van der Waals surface area contributed by atoms with Gasteiger partial charge in [0, 0.05) is 22.8 Å². The molecule has 0 saturated heterocycles. The zero-order valence-corrected chi connectivity index (χ0v) is 14.7. The number of nitrogens with one attached hydrogen (secondary N) is 1. The number of carbonyl (C=O) groups excluding carboxylic acids is 2. The van der Waals surface area contributed by atoms with Gasteiger partial charge in [0.2, 0.25) is 11.8 Å². The van der Waals surface area contributed by atoms with Crippen LogP contribution in [-0.4, -0.2) is 24.9 Å². The quantitative estimate of drug-likeness (QED) is 0.866. The maximum absolute atomic E-state index is 12.5. The summed E-state index contributed by atoms with van der Waals surface area (Å²) in [4.78, 5) is 26.0. The van der Waals surface area contributed by atoms with Gasteiger partial charge in [-0.15, -0.1) is 0 Å². The summed E-state index contributed by atoms with van der Waals surface area (Å²) in [5, 5.41) is 12.3. The van der Waals surface area contributed by atoms with Crippen molar-refractivity contribution in [1.29, 1.82) is 5.26 Å². The Morgan fingerprint density at radius 2 is 2.12 bits per heavy atom. The van der Waals surface area contributed by atoms with E-state index in [1.807, 2.05) is 17.0 Å². The summed E-state index contributed by atoms with van der Waals surface area (Å²) in [5.74, 6) is -0.730. The van der Waals surface area contributed by atoms with Crippen molar-refractivity contribution in [2.75, 3.05) is 23.3 Å². The van der Waals surface area contributed by atoms with Crippen molar-refractivity contribution in [2.24, 2.45) is 5.73 Å². The van der Waals surface area contributed by atoms with Crippen LogP contribution in [0.3, 0.4) is 0 Å². The van der Waals surface area contributed by atoms with Crippen LogP contribution in [0.25, 0.3) is 0 Å². The van der Waals surface area contributed by atoms with Crippen LogP contribution in [0.5, 0.6) is 0 Å². The molecule has 0 fully saturated rings. The van der Waals surface area contributed by atoms with E-state index in [9.17, 15) is 9.59 Å². The van der Waals surface area contributed by atoms with Gasteiger partial charge in [0.05, 0.1) is 17.8 Å². The van der Waals surface area contributed by atoms with Crippen molar-refractivity contribution < 1.29 is 9.59 Å². The Kier molecular flexibility index (Phi) is 5.10. The van der Waals surface area contributed by atoms with Crippen molar-refractivity contribution >= 4 is 34.8 Å². The number of nitrogens with two attached hydrogens (primary N) is 1. The summed E-state index contributed by atoms with van der Waals surface area (Å²) in [6.07, 6.45) is 1.57. The highest BCUT2D eigenvalue weighted by Gasteiger charge is 2.23. The Labute approximate surface area is 156 Å². The lowest BCUT2D eigenvalue weighted by Gasteiger charge is -2.31. The molecule has 26 heavy (non-hydrogen) atoms. The molecular weight excluding hydrogens is 352 g/mol. The minimum Gasteiger partial charge on any atom is -0.366 e. The van der Waals surface area contributed by atoms with Crippen molar-refractivity contribution in [3.8, 4) is 6.07 Å². The third-order valence-electron chi connectivity index (χ3n) is 4.32. The minimum atomic E-state index is -0.467. The van der Waals surface area contributed by atoms with Crippen LogP contribution in [0.1, 0.15) is 27.9 Å². The van der Waals surface area contributed by atoms with Crippen molar-refractivity contribution in [3.05, 3.63) is 58.1 Å². The van der Waals surface area contributed by atoms with E-state index in [0.29, 0.717) is 28.4 Å². The van der Waals surface area contributed by atoms with E-state index in [-0.39, 0.29) is 12.5 Å². The zero-order valence-electron chi connectivity index (χ0n) is 14.0. The first-order valence-corrected chi connectivity index (χ1v) is 8.53. The number of rotatable bonds is 4. The molecule has 132 valence electrons. The number of nitriles is 1. The number of hydrogen-bond donors (Lipinski definition) is 2. The van der Waals surface area contributed by atoms with Gasteiger partial charge in [-0.2, -0.15) is 5.26 Å². The van der Waals surface area contributed by atoms with Gasteiger partial charge in [0.15, 0.2) is 0 Å². The Bertz CT molecular complexity index is 920. The molecule has 3 rings (SSSR count). The molecule has 7 heteroatoms. The number of carbonyl (C=O) groups is 2. The van der Waals surface area contributed by atoms with Crippen LogP contribution in [0, 0.1) is 11.3 Å². The predicted molar refractivity (Wildman–Crippen MR) is 100 cm³/mol. The van der Waals surface area contributed by atoms with Crippen LogP contribution >= 0.6 is 11.6 Å². The Balaban J connectivity index is 1.80. The van der Waals surface area contributed by atoms with Gasteiger partial charge < -0.3 is 16.0 Å². The van der Waals surface area contributed by atoms with E-state index < -0.39 is 5.91 Å². The maximum Gasteiger partial charge on any atom is 0.249 e. The summed E-state index contributed by atoms with van der Waals surface area (Å²) in [7, 11) is 0. The summed E-state index contributed by atoms with van der Waals surface area (Å²) >= 11 is 5.95. The highest BCUT2D eigenvalue weighted by molar-refractivity contribution is 6.31. The fourth-order valence-corrected chi connectivity index (χ4v) is 3.35. The lowest BCUT2D eigenvalue weighted by molar-refractivity contribution is -0.115. The topological polar surface area (TPSA) is 99.2 Å². The molecule has 0 radical (unpaired) electrons. The van der Waals surface area contributed by atoms with Crippen LogP contribution in [0.15, 0.2) is 36.4 Å². The van der Waals surface area contributed by atoms with Crippen molar-refractivity contribution in [1.82, 2.24) is 0 Å². The standard InChI is InChI=1S/C19H17ClN4O2/c20-13-7-6-12(10-21)16(9-13)23-18(25)11-24-8-2-4-14-15(19(22)26)3-1-5-17(14)24/h1,3,5-7,9H,2,4,8,11H2,(H2,22,26)(H,23,25). The van der Waals surface area contributed by atoms with Gasteiger partial charge in [-0.05, 0) is 48.7 Å². The molecule has 2 aromatic carbocycles. The molecule has 2 aromatic rings. The average Bonchev–Trinajstić information content (AvgIpc) is 2.61. The molecular formula is C19H17ClN4O2. The fraction of sp³-hybridized carbons (Fsp3) is 0.211. The van der Waals surface area contributed by atoms with Gasteiger partial charge >= 0.3 is 0 Å². The van der Waals surface area contributed by atoms with Gasteiger partial charge in [-0.25, -0.2) is 0 Å². The summed E-state index contributed by atoms with van der Waals surface area (Å²) in [6, 6.07) is 12.1. The third-order valence-corrected chi connectivity index (χ3v) is 4.56. The predicted octanol–water partition coefficient (Wildman–Crippen LogP) is 2.70. The molecule has 0 saturated carbocycles. The Hall–Kier alpha value is -3.04. The van der Waals surface area contributed by atoms with Gasteiger partial charge in [0.1, 0.15) is 6.07 Å². The number of anilines is 2. The second-order valence-electron chi connectivity index (χ2n) is 6.04. The number of halogens is 1. The van der Waals surface area contributed by atoms with E-state index in [4.69, 9.17) is 22.6 Å². The third kappa shape index (κ3) is 3.63. The van der Waals surface area contributed by atoms with E-state index in [2.05, 4.69) is 5.32 Å².